The van der Waals surface area contributed by atoms with Crippen molar-refractivity contribution in [2.45, 2.75) is 19.9 Å². The number of pyridine rings is 1. The van der Waals surface area contributed by atoms with E-state index in [4.69, 9.17) is 0 Å². The second kappa shape index (κ2) is 5.97. The molecule has 5 nitrogen and oxygen atoms in total. The molecule has 22 heavy (non-hydrogen) atoms. The fraction of sp³-hybridized carbons (Fsp3) is 0.235. The number of benzene rings is 1. The standard InChI is InChI=1S/C17H18N4O/c1-3-16-20-14-9-13(6-7-15(14)21(16)2)17(22)19-11-12-5-4-8-18-10-12/h4-10H,3,11H2,1-2H3,(H,19,22). The van der Waals surface area contributed by atoms with E-state index in [0.717, 1.165) is 28.8 Å². The first-order valence-corrected chi connectivity index (χ1v) is 7.31. The van der Waals surface area contributed by atoms with E-state index in [0.29, 0.717) is 12.1 Å². The zero-order valence-corrected chi connectivity index (χ0v) is 12.7. The number of amides is 1. The highest BCUT2D eigenvalue weighted by Gasteiger charge is 2.10. The molecule has 1 amide bonds. The maximum Gasteiger partial charge on any atom is 0.251 e. The van der Waals surface area contributed by atoms with Gasteiger partial charge < -0.3 is 9.88 Å². The summed E-state index contributed by atoms with van der Waals surface area (Å²) in [6.45, 7) is 2.54. The van der Waals surface area contributed by atoms with Gasteiger partial charge in [0.1, 0.15) is 5.82 Å². The Morgan fingerprint density at radius 1 is 1.32 bits per heavy atom. The molecule has 3 rings (SSSR count). The molecule has 0 saturated carbocycles. The maximum atomic E-state index is 12.3. The van der Waals surface area contributed by atoms with E-state index in [9.17, 15) is 4.79 Å². The van der Waals surface area contributed by atoms with E-state index in [1.807, 2.05) is 37.4 Å². The largest absolute Gasteiger partial charge is 0.348 e. The first-order valence-electron chi connectivity index (χ1n) is 7.31. The Balaban J connectivity index is 1.79. The van der Waals surface area contributed by atoms with Gasteiger partial charge >= 0.3 is 0 Å². The van der Waals surface area contributed by atoms with Crippen molar-refractivity contribution in [1.82, 2.24) is 19.9 Å². The van der Waals surface area contributed by atoms with Crippen molar-refractivity contribution >= 4 is 16.9 Å². The number of carbonyl (C=O) groups is 1. The summed E-state index contributed by atoms with van der Waals surface area (Å²) in [5.41, 5.74) is 3.49. The van der Waals surface area contributed by atoms with E-state index >= 15 is 0 Å². The van der Waals surface area contributed by atoms with Gasteiger partial charge in [0.05, 0.1) is 11.0 Å². The smallest absolute Gasteiger partial charge is 0.251 e. The first kappa shape index (κ1) is 14.3. The Labute approximate surface area is 129 Å². The second-order valence-electron chi connectivity index (χ2n) is 5.19. The van der Waals surface area contributed by atoms with Crippen LogP contribution in [-0.2, 0) is 20.0 Å². The average molecular weight is 294 g/mol. The van der Waals surface area contributed by atoms with E-state index in [1.165, 1.54) is 0 Å². The minimum atomic E-state index is -0.102. The summed E-state index contributed by atoms with van der Waals surface area (Å²) >= 11 is 0. The third kappa shape index (κ3) is 2.70. The fourth-order valence-electron chi connectivity index (χ4n) is 2.49. The molecule has 0 aliphatic carbocycles. The van der Waals surface area contributed by atoms with Gasteiger partial charge in [-0.25, -0.2) is 4.98 Å². The lowest BCUT2D eigenvalue weighted by atomic mass is 10.2. The van der Waals surface area contributed by atoms with Crippen molar-refractivity contribution in [2.24, 2.45) is 7.05 Å². The van der Waals surface area contributed by atoms with Gasteiger partial charge in [-0.15, -0.1) is 0 Å². The van der Waals surface area contributed by atoms with Crippen molar-refractivity contribution < 1.29 is 4.79 Å². The normalized spacial score (nSPS) is 10.8. The van der Waals surface area contributed by atoms with Crippen LogP contribution in [0.3, 0.4) is 0 Å². The number of nitrogens with zero attached hydrogens (tertiary/aromatic N) is 3. The van der Waals surface area contributed by atoms with Crippen molar-refractivity contribution in [1.29, 1.82) is 0 Å². The van der Waals surface area contributed by atoms with E-state index in [1.54, 1.807) is 12.4 Å². The number of nitrogens with one attached hydrogen (secondary N) is 1. The van der Waals surface area contributed by atoms with E-state index in [2.05, 4.69) is 26.8 Å². The molecule has 1 N–H and O–H groups in total. The third-order valence-electron chi connectivity index (χ3n) is 3.73. The Hall–Kier alpha value is -2.69. The highest BCUT2D eigenvalue weighted by atomic mass is 16.1. The number of carbonyl (C=O) groups excluding carboxylic acids is 1. The monoisotopic (exact) mass is 294 g/mol. The summed E-state index contributed by atoms with van der Waals surface area (Å²) < 4.78 is 2.06. The molecule has 0 radical (unpaired) electrons. The van der Waals surface area contributed by atoms with Crippen LogP contribution >= 0.6 is 0 Å². The zero-order chi connectivity index (χ0) is 15.5. The van der Waals surface area contributed by atoms with Crippen molar-refractivity contribution in [3.63, 3.8) is 0 Å². The van der Waals surface area contributed by atoms with Gasteiger partial charge in [-0.3, -0.25) is 9.78 Å². The van der Waals surface area contributed by atoms with Gasteiger partial charge in [0.25, 0.3) is 5.91 Å². The number of hydrogen-bond acceptors (Lipinski definition) is 3. The molecule has 0 spiro atoms. The van der Waals surface area contributed by atoms with Crippen molar-refractivity contribution in [2.75, 3.05) is 0 Å². The molecule has 0 unspecified atom stereocenters. The lowest BCUT2D eigenvalue weighted by Crippen LogP contribution is -2.22. The van der Waals surface area contributed by atoms with Crippen LogP contribution in [0.2, 0.25) is 0 Å². The molecule has 0 aliphatic heterocycles. The Morgan fingerprint density at radius 3 is 2.91 bits per heavy atom. The Bertz CT molecular complexity index is 808. The van der Waals surface area contributed by atoms with Gasteiger partial charge in [0.2, 0.25) is 0 Å². The summed E-state index contributed by atoms with van der Waals surface area (Å²) in [5, 5.41) is 2.90. The molecule has 0 fully saturated rings. The quantitative estimate of drug-likeness (QED) is 0.804. The Kier molecular flexibility index (Phi) is 3.87. The number of aromatic nitrogens is 3. The molecule has 5 heteroatoms. The number of aryl methyl sites for hydroxylation is 2. The van der Waals surface area contributed by atoms with Crippen LogP contribution in [0, 0.1) is 0 Å². The van der Waals surface area contributed by atoms with Gasteiger partial charge in [-0.05, 0) is 29.8 Å². The SMILES string of the molecule is CCc1nc2cc(C(=O)NCc3cccnc3)ccc2n1C. The van der Waals surface area contributed by atoms with Crippen LogP contribution < -0.4 is 5.32 Å². The number of rotatable bonds is 4. The second-order valence-corrected chi connectivity index (χ2v) is 5.19. The molecule has 3 aromatic rings. The molecule has 0 saturated heterocycles. The predicted molar refractivity (Wildman–Crippen MR) is 85.5 cm³/mol. The van der Waals surface area contributed by atoms with Crippen LogP contribution in [0.15, 0.2) is 42.7 Å². The van der Waals surface area contributed by atoms with Gasteiger partial charge in [-0.2, -0.15) is 0 Å². The zero-order valence-electron chi connectivity index (χ0n) is 12.7. The predicted octanol–water partition coefficient (Wildman–Crippen LogP) is 2.46. The van der Waals surface area contributed by atoms with Gasteiger partial charge in [0, 0.05) is 38.0 Å². The number of fused-ring (bicyclic) bond motifs is 1. The molecule has 112 valence electrons. The molecule has 1 aromatic carbocycles. The lowest BCUT2D eigenvalue weighted by molar-refractivity contribution is 0.0951. The van der Waals surface area contributed by atoms with Gasteiger partial charge in [0.15, 0.2) is 0 Å². The highest BCUT2D eigenvalue weighted by molar-refractivity contribution is 5.97. The van der Waals surface area contributed by atoms with Crippen LogP contribution in [0.4, 0.5) is 0 Å². The van der Waals surface area contributed by atoms with Crippen LogP contribution in [0.1, 0.15) is 28.7 Å². The summed E-state index contributed by atoms with van der Waals surface area (Å²) in [7, 11) is 2.00. The minimum absolute atomic E-state index is 0.102. The molecule has 2 aromatic heterocycles. The minimum Gasteiger partial charge on any atom is -0.348 e. The Morgan fingerprint density at radius 2 is 2.18 bits per heavy atom. The topological polar surface area (TPSA) is 59.8 Å². The molecule has 2 heterocycles. The van der Waals surface area contributed by atoms with Gasteiger partial charge in [-0.1, -0.05) is 13.0 Å². The van der Waals surface area contributed by atoms with Crippen LogP contribution in [-0.4, -0.2) is 20.4 Å². The first-order chi connectivity index (χ1) is 10.7. The molecule has 0 bridgehead atoms. The highest BCUT2D eigenvalue weighted by Crippen LogP contribution is 2.17. The van der Waals surface area contributed by atoms with E-state index < -0.39 is 0 Å². The summed E-state index contributed by atoms with van der Waals surface area (Å²) in [6, 6.07) is 9.41. The summed E-state index contributed by atoms with van der Waals surface area (Å²) in [4.78, 5) is 20.9. The van der Waals surface area contributed by atoms with Crippen LogP contribution in [0.25, 0.3) is 11.0 Å². The van der Waals surface area contributed by atoms with E-state index in [-0.39, 0.29) is 5.91 Å². The van der Waals surface area contributed by atoms with Crippen molar-refractivity contribution in [3.05, 3.63) is 59.7 Å². The fourth-order valence-corrected chi connectivity index (χ4v) is 2.49. The third-order valence-corrected chi connectivity index (χ3v) is 3.73. The van der Waals surface area contributed by atoms with Crippen LogP contribution in [0.5, 0.6) is 0 Å². The summed E-state index contributed by atoms with van der Waals surface area (Å²) in [5.74, 6) is 0.914. The molecule has 0 atom stereocenters. The molecular weight excluding hydrogens is 276 g/mol. The average Bonchev–Trinajstić information content (AvgIpc) is 2.89. The number of imidazole rings is 1. The maximum absolute atomic E-state index is 12.3. The summed E-state index contributed by atoms with van der Waals surface area (Å²) in [6.07, 6.45) is 4.33. The molecule has 0 aliphatic rings. The number of hydrogen-bond donors (Lipinski definition) is 1. The lowest BCUT2D eigenvalue weighted by Gasteiger charge is -2.05. The van der Waals surface area contributed by atoms with Crippen molar-refractivity contribution in [3.8, 4) is 0 Å². The molecular formula is C17H18N4O.